The van der Waals surface area contributed by atoms with Gasteiger partial charge in [0.25, 0.3) is 0 Å². The van der Waals surface area contributed by atoms with Gasteiger partial charge in [-0.1, -0.05) is 23.7 Å². The number of aryl methyl sites for hydroxylation is 1. The summed E-state index contributed by atoms with van der Waals surface area (Å²) in [5.74, 6) is 0.968. The first-order valence-electron chi connectivity index (χ1n) is 6.25. The van der Waals surface area contributed by atoms with E-state index in [4.69, 9.17) is 11.6 Å². The van der Waals surface area contributed by atoms with Gasteiger partial charge >= 0.3 is 0 Å². The fourth-order valence-corrected chi connectivity index (χ4v) is 2.24. The molecule has 1 N–H and O–H groups in total. The summed E-state index contributed by atoms with van der Waals surface area (Å²) in [5.41, 5.74) is 2.24. The zero-order valence-corrected chi connectivity index (χ0v) is 11.1. The molecule has 3 rings (SSSR count). The van der Waals surface area contributed by atoms with Crippen molar-refractivity contribution in [2.24, 2.45) is 0 Å². The quantitative estimate of drug-likeness (QED) is 0.913. The number of benzene rings is 1. The number of imidazole rings is 1. The zero-order chi connectivity index (χ0) is 12.5. The molecule has 0 unspecified atom stereocenters. The lowest BCUT2D eigenvalue weighted by Crippen LogP contribution is -2.09. The van der Waals surface area contributed by atoms with Crippen LogP contribution in [0.15, 0.2) is 30.5 Å². The first-order valence-corrected chi connectivity index (χ1v) is 6.63. The normalized spacial score (nSPS) is 14.8. The molecule has 1 aliphatic carbocycles. The van der Waals surface area contributed by atoms with E-state index in [0.717, 1.165) is 23.2 Å². The van der Waals surface area contributed by atoms with Gasteiger partial charge in [0.15, 0.2) is 0 Å². The molecule has 1 aromatic carbocycles. The van der Waals surface area contributed by atoms with E-state index in [0.29, 0.717) is 6.04 Å². The Kier molecular flexibility index (Phi) is 3.00. The SMILES string of the molecule is Cc1cn(Cc2cccc(Cl)c2)c(NC2CC2)n1. The summed E-state index contributed by atoms with van der Waals surface area (Å²) in [4.78, 5) is 4.53. The Balaban J connectivity index is 1.82. The minimum absolute atomic E-state index is 0.616. The molecule has 0 radical (unpaired) electrons. The number of anilines is 1. The van der Waals surface area contributed by atoms with Crippen LogP contribution in [0.3, 0.4) is 0 Å². The van der Waals surface area contributed by atoms with Crippen LogP contribution >= 0.6 is 11.6 Å². The third kappa shape index (κ3) is 2.67. The van der Waals surface area contributed by atoms with Crippen LogP contribution in [0.4, 0.5) is 5.95 Å². The molecule has 94 valence electrons. The number of nitrogens with zero attached hydrogens (tertiary/aromatic N) is 2. The van der Waals surface area contributed by atoms with Crippen LogP contribution in [-0.2, 0) is 6.54 Å². The van der Waals surface area contributed by atoms with E-state index in [1.807, 2.05) is 25.1 Å². The second-order valence-corrected chi connectivity index (χ2v) is 5.32. The first-order chi connectivity index (χ1) is 8.70. The van der Waals surface area contributed by atoms with E-state index in [9.17, 15) is 0 Å². The third-order valence-electron chi connectivity index (χ3n) is 3.05. The molecule has 0 amide bonds. The van der Waals surface area contributed by atoms with Crippen LogP contribution in [0.25, 0.3) is 0 Å². The lowest BCUT2D eigenvalue weighted by atomic mass is 10.2. The molecule has 0 saturated heterocycles. The Morgan fingerprint density at radius 1 is 1.44 bits per heavy atom. The zero-order valence-electron chi connectivity index (χ0n) is 10.4. The van der Waals surface area contributed by atoms with Crippen molar-refractivity contribution in [3.63, 3.8) is 0 Å². The molecular weight excluding hydrogens is 246 g/mol. The van der Waals surface area contributed by atoms with Crippen LogP contribution in [-0.4, -0.2) is 15.6 Å². The maximum absolute atomic E-state index is 6.01. The summed E-state index contributed by atoms with van der Waals surface area (Å²) in [6.07, 6.45) is 4.58. The number of aromatic nitrogens is 2. The Bertz CT molecular complexity index is 558. The van der Waals surface area contributed by atoms with E-state index >= 15 is 0 Å². The Labute approximate surface area is 112 Å². The molecule has 1 fully saturated rings. The third-order valence-corrected chi connectivity index (χ3v) is 3.28. The van der Waals surface area contributed by atoms with Gasteiger partial charge in [0.1, 0.15) is 0 Å². The molecule has 0 atom stereocenters. The van der Waals surface area contributed by atoms with Crippen LogP contribution in [0, 0.1) is 6.92 Å². The second-order valence-electron chi connectivity index (χ2n) is 4.88. The predicted molar refractivity (Wildman–Crippen MR) is 74.2 cm³/mol. The standard InChI is InChI=1S/C14H16ClN3/c1-10-8-18(14(16-10)17-13-5-6-13)9-11-3-2-4-12(15)7-11/h2-4,7-8,13H,5-6,9H2,1H3,(H,16,17). The van der Waals surface area contributed by atoms with E-state index < -0.39 is 0 Å². The van der Waals surface area contributed by atoms with E-state index in [-0.39, 0.29) is 0 Å². The van der Waals surface area contributed by atoms with Gasteiger partial charge in [0.05, 0.1) is 12.2 Å². The molecule has 1 aromatic heterocycles. The molecule has 1 saturated carbocycles. The van der Waals surface area contributed by atoms with E-state index in [1.54, 1.807) is 0 Å². The minimum Gasteiger partial charge on any atom is -0.353 e. The van der Waals surface area contributed by atoms with Gasteiger partial charge in [-0.25, -0.2) is 4.98 Å². The smallest absolute Gasteiger partial charge is 0.203 e. The number of rotatable bonds is 4. The number of halogens is 1. The van der Waals surface area contributed by atoms with Crippen molar-refractivity contribution in [2.45, 2.75) is 32.4 Å². The molecule has 0 spiro atoms. The van der Waals surface area contributed by atoms with Gasteiger partial charge < -0.3 is 9.88 Å². The molecule has 0 bridgehead atoms. The van der Waals surface area contributed by atoms with Gasteiger partial charge in [-0.15, -0.1) is 0 Å². The van der Waals surface area contributed by atoms with Crippen molar-refractivity contribution >= 4 is 17.5 Å². The maximum atomic E-state index is 6.01. The van der Waals surface area contributed by atoms with Gasteiger partial charge in [0, 0.05) is 17.3 Å². The Morgan fingerprint density at radius 2 is 2.28 bits per heavy atom. The highest BCUT2D eigenvalue weighted by Gasteiger charge is 2.22. The number of nitrogens with one attached hydrogen (secondary N) is 1. The summed E-state index contributed by atoms with van der Waals surface area (Å²) in [7, 11) is 0. The molecule has 1 heterocycles. The number of hydrogen-bond donors (Lipinski definition) is 1. The van der Waals surface area contributed by atoms with Crippen molar-refractivity contribution in [3.8, 4) is 0 Å². The molecule has 2 aromatic rings. The van der Waals surface area contributed by atoms with Crippen LogP contribution in [0.5, 0.6) is 0 Å². The molecule has 1 aliphatic rings. The van der Waals surface area contributed by atoms with Crippen molar-refractivity contribution in [1.82, 2.24) is 9.55 Å². The topological polar surface area (TPSA) is 29.9 Å². The average Bonchev–Trinajstić information content (AvgIpc) is 3.05. The van der Waals surface area contributed by atoms with E-state index in [1.165, 1.54) is 18.4 Å². The van der Waals surface area contributed by atoms with Crippen LogP contribution in [0.1, 0.15) is 24.1 Å². The summed E-state index contributed by atoms with van der Waals surface area (Å²) < 4.78 is 2.15. The highest BCUT2D eigenvalue weighted by atomic mass is 35.5. The van der Waals surface area contributed by atoms with Gasteiger partial charge in [0.2, 0.25) is 5.95 Å². The van der Waals surface area contributed by atoms with Gasteiger partial charge in [-0.2, -0.15) is 0 Å². The van der Waals surface area contributed by atoms with Crippen LogP contribution < -0.4 is 5.32 Å². The van der Waals surface area contributed by atoms with Crippen molar-refractivity contribution in [2.75, 3.05) is 5.32 Å². The Hall–Kier alpha value is -1.48. The maximum Gasteiger partial charge on any atom is 0.203 e. The van der Waals surface area contributed by atoms with Crippen molar-refractivity contribution < 1.29 is 0 Å². The fourth-order valence-electron chi connectivity index (χ4n) is 2.02. The molecular formula is C14H16ClN3. The minimum atomic E-state index is 0.616. The summed E-state index contributed by atoms with van der Waals surface area (Å²) in [6.45, 7) is 2.82. The highest BCUT2D eigenvalue weighted by Crippen LogP contribution is 2.25. The molecule has 3 nitrogen and oxygen atoms in total. The van der Waals surface area contributed by atoms with Gasteiger partial charge in [-0.05, 0) is 37.5 Å². The largest absolute Gasteiger partial charge is 0.353 e. The molecule has 18 heavy (non-hydrogen) atoms. The van der Waals surface area contributed by atoms with E-state index in [2.05, 4.69) is 27.1 Å². The van der Waals surface area contributed by atoms with Crippen LogP contribution in [0.2, 0.25) is 5.02 Å². The Morgan fingerprint density at radius 3 is 3.00 bits per heavy atom. The summed E-state index contributed by atoms with van der Waals surface area (Å²) >= 11 is 6.01. The van der Waals surface area contributed by atoms with Crippen molar-refractivity contribution in [1.29, 1.82) is 0 Å². The summed E-state index contributed by atoms with van der Waals surface area (Å²) in [5, 5.41) is 4.24. The lowest BCUT2D eigenvalue weighted by molar-refractivity contribution is 0.796. The molecule has 4 heteroatoms. The molecule has 0 aliphatic heterocycles. The average molecular weight is 262 g/mol. The summed E-state index contributed by atoms with van der Waals surface area (Å²) in [6, 6.07) is 8.58. The first kappa shape index (κ1) is 11.6. The number of hydrogen-bond acceptors (Lipinski definition) is 2. The lowest BCUT2D eigenvalue weighted by Gasteiger charge is -2.09. The van der Waals surface area contributed by atoms with Crippen molar-refractivity contribution in [3.05, 3.63) is 46.7 Å². The monoisotopic (exact) mass is 261 g/mol. The fraction of sp³-hybridized carbons (Fsp3) is 0.357. The second kappa shape index (κ2) is 4.65. The van der Waals surface area contributed by atoms with Gasteiger partial charge in [-0.3, -0.25) is 0 Å². The highest BCUT2D eigenvalue weighted by molar-refractivity contribution is 6.30. The predicted octanol–water partition coefficient (Wildman–Crippen LogP) is 3.47.